The van der Waals surface area contributed by atoms with Crippen molar-refractivity contribution in [3.05, 3.63) is 23.8 Å². The standard InChI is InChI=1S/C8H8O3S.Zn/c1-11-8(10)5-2-3-7(12)6(9)4-5;/h2-4,9,12H,1H3;. The fourth-order valence-electron chi connectivity index (χ4n) is 0.768. The van der Waals surface area contributed by atoms with Crippen LogP contribution in [-0.2, 0) is 24.2 Å². The average Bonchev–Trinajstić information content (AvgIpc) is 2.08. The van der Waals surface area contributed by atoms with Crippen molar-refractivity contribution in [1.82, 2.24) is 0 Å². The van der Waals surface area contributed by atoms with Crippen LogP contribution in [0.2, 0.25) is 0 Å². The van der Waals surface area contributed by atoms with Crippen molar-refractivity contribution in [3.8, 4) is 5.75 Å². The molecule has 13 heavy (non-hydrogen) atoms. The van der Waals surface area contributed by atoms with Crippen LogP contribution in [0.5, 0.6) is 5.75 Å². The number of ether oxygens (including phenoxy) is 1. The zero-order valence-corrected chi connectivity index (χ0v) is 11.0. The van der Waals surface area contributed by atoms with Crippen molar-refractivity contribution >= 4 is 18.6 Å². The molecule has 0 aliphatic heterocycles. The van der Waals surface area contributed by atoms with Gasteiger partial charge in [-0.15, -0.1) is 12.6 Å². The molecule has 0 spiro atoms. The quantitative estimate of drug-likeness (QED) is 0.450. The molecule has 0 heterocycles. The van der Waals surface area contributed by atoms with Gasteiger partial charge in [0.2, 0.25) is 0 Å². The summed E-state index contributed by atoms with van der Waals surface area (Å²) in [6.45, 7) is 0. The summed E-state index contributed by atoms with van der Waals surface area (Å²) in [6, 6.07) is 4.38. The smallest absolute Gasteiger partial charge is 0.337 e. The number of phenols is 1. The van der Waals surface area contributed by atoms with E-state index in [9.17, 15) is 4.79 Å². The van der Waals surface area contributed by atoms with E-state index in [1.807, 2.05) is 0 Å². The van der Waals surface area contributed by atoms with Crippen molar-refractivity contribution in [2.75, 3.05) is 7.11 Å². The van der Waals surface area contributed by atoms with E-state index in [1.165, 1.54) is 25.3 Å². The molecule has 1 aromatic rings. The number of hydrogen-bond acceptors (Lipinski definition) is 4. The van der Waals surface area contributed by atoms with Crippen LogP contribution in [0.4, 0.5) is 0 Å². The Morgan fingerprint density at radius 2 is 2.15 bits per heavy atom. The number of esters is 1. The molecule has 0 amide bonds. The normalized spacial score (nSPS) is 8.77. The summed E-state index contributed by atoms with van der Waals surface area (Å²) in [7, 11) is 1.29. The van der Waals surface area contributed by atoms with Gasteiger partial charge >= 0.3 is 5.97 Å². The number of aromatic hydroxyl groups is 1. The molecule has 0 atom stereocenters. The van der Waals surface area contributed by atoms with Gasteiger partial charge in [-0.25, -0.2) is 4.79 Å². The largest absolute Gasteiger partial charge is 0.507 e. The first-order valence-corrected chi connectivity index (χ1v) is 3.70. The summed E-state index contributed by atoms with van der Waals surface area (Å²) < 4.78 is 4.46. The third kappa shape index (κ3) is 3.01. The van der Waals surface area contributed by atoms with Crippen LogP contribution in [0.25, 0.3) is 0 Å². The summed E-state index contributed by atoms with van der Waals surface area (Å²) in [5.41, 5.74) is 0.313. The van der Waals surface area contributed by atoms with Crippen molar-refractivity contribution in [1.29, 1.82) is 0 Å². The molecule has 0 saturated carbocycles. The fourth-order valence-corrected chi connectivity index (χ4v) is 0.907. The number of hydrogen-bond donors (Lipinski definition) is 2. The summed E-state index contributed by atoms with van der Waals surface area (Å²) in [5, 5.41) is 9.16. The molecule has 0 unspecified atom stereocenters. The van der Waals surface area contributed by atoms with E-state index in [0.29, 0.717) is 10.5 Å². The van der Waals surface area contributed by atoms with Crippen LogP contribution in [0.15, 0.2) is 23.1 Å². The Morgan fingerprint density at radius 1 is 1.54 bits per heavy atom. The number of rotatable bonds is 1. The first-order chi connectivity index (χ1) is 5.65. The molecule has 0 aromatic heterocycles. The summed E-state index contributed by atoms with van der Waals surface area (Å²) >= 11 is 3.94. The van der Waals surface area contributed by atoms with Gasteiger partial charge in [-0.3, -0.25) is 0 Å². The molecular weight excluding hydrogens is 242 g/mol. The minimum Gasteiger partial charge on any atom is -0.507 e. The first kappa shape index (κ1) is 12.5. The van der Waals surface area contributed by atoms with Crippen molar-refractivity contribution in [2.24, 2.45) is 0 Å². The second-order valence-electron chi connectivity index (χ2n) is 2.20. The van der Waals surface area contributed by atoms with Gasteiger partial charge in [0.1, 0.15) is 5.75 Å². The van der Waals surface area contributed by atoms with E-state index in [2.05, 4.69) is 17.4 Å². The second kappa shape index (κ2) is 5.25. The maximum absolute atomic E-state index is 10.9. The fraction of sp³-hybridized carbons (Fsp3) is 0.125. The van der Waals surface area contributed by atoms with Gasteiger partial charge in [0.05, 0.1) is 12.7 Å². The van der Waals surface area contributed by atoms with Crippen LogP contribution < -0.4 is 0 Å². The second-order valence-corrected chi connectivity index (χ2v) is 2.68. The predicted octanol–water partition coefficient (Wildman–Crippen LogP) is 1.46. The molecule has 5 heteroatoms. The Morgan fingerprint density at radius 3 is 2.62 bits per heavy atom. The molecule has 1 rings (SSSR count). The van der Waals surface area contributed by atoms with E-state index in [-0.39, 0.29) is 25.2 Å². The van der Waals surface area contributed by atoms with Crippen LogP contribution in [0.1, 0.15) is 10.4 Å². The number of carbonyl (C=O) groups excluding carboxylic acids is 1. The molecule has 0 aliphatic carbocycles. The van der Waals surface area contributed by atoms with E-state index in [4.69, 9.17) is 5.11 Å². The Kier molecular flexibility index (Phi) is 5.03. The molecular formula is C8H8O3SZn. The first-order valence-electron chi connectivity index (χ1n) is 3.25. The van der Waals surface area contributed by atoms with Gasteiger partial charge in [0.15, 0.2) is 0 Å². The number of phenolic OH excluding ortho intramolecular Hbond substituents is 1. The van der Waals surface area contributed by atoms with E-state index in [0.717, 1.165) is 0 Å². The summed E-state index contributed by atoms with van der Waals surface area (Å²) in [5.74, 6) is -0.500. The summed E-state index contributed by atoms with van der Waals surface area (Å²) in [4.78, 5) is 11.4. The topological polar surface area (TPSA) is 46.5 Å². The third-order valence-corrected chi connectivity index (χ3v) is 1.77. The Labute approximate surface area is 94.3 Å². The van der Waals surface area contributed by atoms with Crippen molar-refractivity contribution < 1.29 is 34.1 Å². The van der Waals surface area contributed by atoms with Gasteiger partial charge in [-0.1, -0.05) is 0 Å². The average molecular weight is 250 g/mol. The number of carbonyl (C=O) groups is 1. The van der Waals surface area contributed by atoms with Crippen molar-refractivity contribution in [3.63, 3.8) is 0 Å². The summed E-state index contributed by atoms with van der Waals surface area (Å²) in [6.07, 6.45) is 0. The molecule has 3 nitrogen and oxygen atoms in total. The van der Waals surface area contributed by atoms with Gasteiger partial charge in [0.25, 0.3) is 0 Å². The van der Waals surface area contributed by atoms with Gasteiger partial charge < -0.3 is 9.84 Å². The van der Waals surface area contributed by atoms with Crippen LogP contribution in [0, 0.1) is 0 Å². The zero-order chi connectivity index (χ0) is 9.14. The molecule has 0 aliphatic rings. The van der Waals surface area contributed by atoms with Crippen LogP contribution >= 0.6 is 12.6 Å². The minimum atomic E-state index is -0.473. The van der Waals surface area contributed by atoms with Crippen molar-refractivity contribution in [2.45, 2.75) is 4.90 Å². The maximum Gasteiger partial charge on any atom is 0.337 e. The Balaban J connectivity index is 0.00000144. The predicted molar refractivity (Wildman–Crippen MR) is 46.7 cm³/mol. The molecule has 1 aromatic carbocycles. The van der Waals surface area contributed by atoms with E-state index >= 15 is 0 Å². The molecule has 0 saturated heterocycles. The third-order valence-electron chi connectivity index (χ3n) is 1.40. The molecule has 1 N–H and O–H groups in total. The molecule has 0 bridgehead atoms. The monoisotopic (exact) mass is 248 g/mol. The van der Waals surface area contributed by atoms with Gasteiger partial charge in [0, 0.05) is 24.4 Å². The SMILES string of the molecule is COC(=O)c1ccc(S)c(O)c1.[Zn]. The molecule has 66 valence electrons. The molecule has 0 fully saturated rings. The van der Waals surface area contributed by atoms with E-state index in [1.54, 1.807) is 0 Å². The zero-order valence-electron chi connectivity index (χ0n) is 7.15. The number of thiol groups is 1. The van der Waals surface area contributed by atoms with E-state index < -0.39 is 5.97 Å². The number of benzene rings is 1. The minimum absolute atomic E-state index is 0. The molecule has 0 radical (unpaired) electrons. The Hall–Kier alpha value is -0.537. The number of methoxy groups -OCH3 is 1. The Bertz CT molecular complexity index is 314. The maximum atomic E-state index is 10.9. The van der Waals surface area contributed by atoms with Crippen LogP contribution in [-0.4, -0.2) is 18.2 Å². The van der Waals surface area contributed by atoms with Crippen LogP contribution in [0.3, 0.4) is 0 Å². The van der Waals surface area contributed by atoms with Gasteiger partial charge in [-0.2, -0.15) is 0 Å². The van der Waals surface area contributed by atoms with Gasteiger partial charge in [-0.05, 0) is 18.2 Å².